The van der Waals surface area contributed by atoms with Gasteiger partial charge in [0, 0.05) is 36.4 Å². The van der Waals surface area contributed by atoms with Gasteiger partial charge in [-0.05, 0) is 56.0 Å². The van der Waals surface area contributed by atoms with E-state index in [1.54, 1.807) is 13.3 Å². The molecule has 4 N–H and O–H groups in total. The summed E-state index contributed by atoms with van der Waals surface area (Å²) in [4.78, 5) is 4.54. The van der Waals surface area contributed by atoms with Crippen LogP contribution in [0.25, 0.3) is 10.9 Å². The van der Waals surface area contributed by atoms with E-state index in [0.29, 0.717) is 41.3 Å². The number of hydrogen-bond acceptors (Lipinski definition) is 7. The zero-order chi connectivity index (χ0) is 22.8. The van der Waals surface area contributed by atoms with Crippen molar-refractivity contribution in [2.45, 2.75) is 50.1 Å². The average molecular weight is 449 g/mol. The van der Waals surface area contributed by atoms with Crippen LogP contribution in [0.1, 0.15) is 38.5 Å². The van der Waals surface area contributed by atoms with Gasteiger partial charge in [0.25, 0.3) is 0 Å². The Morgan fingerprint density at radius 2 is 1.85 bits per heavy atom. The van der Waals surface area contributed by atoms with Crippen molar-refractivity contribution in [3.05, 3.63) is 42.6 Å². The van der Waals surface area contributed by atoms with Crippen LogP contribution in [0, 0.1) is 0 Å². The number of hydrogen-bond donors (Lipinski definition) is 3. The Morgan fingerprint density at radius 1 is 1.03 bits per heavy atom. The maximum Gasteiger partial charge on any atom is 0.163 e. The summed E-state index contributed by atoms with van der Waals surface area (Å²) < 4.78 is 18.1. The summed E-state index contributed by atoms with van der Waals surface area (Å²) in [6.07, 6.45) is 9.25. The lowest BCUT2D eigenvalue weighted by Crippen LogP contribution is -2.42. The molecule has 5 rings (SSSR count). The van der Waals surface area contributed by atoms with E-state index in [1.807, 2.05) is 43.4 Å². The van der Waals surface area contributed by atoms with Crippen LogP contribution >= 0.6 is 0 Å². The monoisotopic (exact) mass is 448 g/mol. The van der Waals surface area contributed by atoms with Crippen LogP contribution < -0.4 is 30.6 Å². The lowest BCUT2D eigenvalue weighted by atomic mass is 10.1. The molecule has 0 amide bonds. The smallest absolute Gasteiger partial charge is 0.163 e. The number of nitrogen functional groups attached to an aromatic ring is 1. The second-order valence-corrected chi connectivity index (χ2v) is 9.13. The van der Waals surface area contributed by atoms with Crippen molar-refractivity contribution in [2.24, 2.45) is 0 Å². The van der Waals surface area contributed by atoms with Crippen LogP contribution in [-0.4, -0.2) is 37.3 Å². The van der Waals surface area contributed by atoms with Gasteiger partial charge in [-0.15, -0.1) is 0 Å². The predicted molar refractivity (Wildman–Crippen MR) is 132 cm³/mol. The molecule has 7 nitrogen and oxygen atoms in total. The van der Waals surface area contributed by atoms with Crippen molar-refractivity contribution in [2.75, 3.05) is 31.8 Å². The lowest BCUT2D eigenvalue weighted by Gasteiger charge is -2.23. The molecule has 7 heteroatoms. The highest BCUT2D eigenvalue weighted by Gasteiger charge is 2.45. The Bertz CT molecular complexity index is 1140. The van der Waals surface area contributed by atoms with Crippen LogP contribution in [0.3, 0.4) is 0 Å². The molecule has 0 bridgehead atoms. The van der Waals surface area contributed by atoms with Crippen molar-refractivity contribution in [3.8, 4) is 23.0 Å². The van der Waals surface area contributed by atoms with Gasteiger partial charge >= 0.3 is 0 Å². The maximum atomic E-state index is 6.28. The Hall–Kier alpha value is -3.19. The molecule has 2 aliphatic carbocycles. The molecule has 0 aliphatic heterocycles. The normalized spacial score (nSPS) is 17.2. The molecule has 3 aromatic rings. The van der Waals surface area contributed by atoms with Gasteiger partial charge in [0.15, 0.2) is 11.5 Å². The van der Waals surface area contributed by atoms with Gasteiger partial charge in [-0.25, -0.2) is 0 Å². The molecular formula is C26H32N4O3. The number of benzene rings is 2. The second-order valence-electron chi connectivity index (χ2n) is 9.13. The first-order valence-corrected chi connectivity index (χ1v) is 11.7. The van der Waals surface area contributed by atoms with Gasteiger partial charge in [0.1, 0.15) is 18.1 Å². The number of nitrogens with one attached hydrogen (secondary N) is 2. The number of nitrogens with zero attached hydrogens (tertiary/aromatic N) is 1. The highest BCUT2D eigenvalue weighted by Crippen LogP contribution is 2.41. The molecule has 2 aromatic carbocycles. The zero-order valence-electron chi connectivity index (χ0n) is 19.3. The number of fused-ring (bicyclic) bond motifs is 1. The number of rotatable bonds is 9. The zero-order valence-corrected chi connectivity index (χ0v) is 19.3. The number of nitrogens with two attached hydrogens (primary N) is 1. The standard InChI is InChI=1S/C26H32N4O3/c1-28-18-7-8-23(20(27)13-18)33-22-9-12-29-21-15-25(24(31-2)14-19(21)22)32-16-26(10-11-26)30-17-5-3-4-6-17/h7-9,12-15,17,28,30H,3-6,10-11,16,27H2,1-2H3. The van der Waals surface area contributed by atoms with Gasteiger partial charge in [-0.1, -0.05) is 12.8 Å². The summed E-state index contributed by atoms with van der Waals surface area (Å²) in [5.41, 5.74) is 8.55. The fourth-order valence-electron chi connectivity index (χ4n) is 4.61. The van der Waals surface area contributed by atoms with Crippen LogP contribution in [0.15, 0.2) is 42.6 Å². The quantitative estimate of drug-likeness (QED) is 0.392. The molecule has 0 atom stereocenters. The molecule has 2 saturated carbocycles. The molecule has 0 saturated heterocycles. The van der Waals surface area contributed by atoms with E-state index in [9.17, 15) is 0 Å². The molecule has 33 heavy (non-hydrogen) atoms. The van der Waals surface area contributed by atoms with E-state index in [4.69, 9.17) is 19.9 Å². The SMILES string of the molecule is CNc1ccc(Oc2ccnc3cc(OCC4(NC5CCCC5)CC4)c(OC)cc23)c(N)c1. The Labute approximate surface area is 194 Å². The first-order valence-electron chi connectivity index (χ1n) is 11.7. The molecule has 174 valence electrons. The fourth-order valence-corrected chi connectivity index (χ4v) is 4.61. The highest BCUT2D eigenvalue weighted by atomic mass is 16.5. The van der Waals surface area contributed by atoms with Crippen molar-refractivity contribution in [1.82, 2.24) is 10.3 Å². The molecule has 2 fully saturated rings. The molecule has 0 radical (unpaired) electrons. The number of pyridine rings is 1. The van der Waals surface area contributed by atoms with E-state index < -0.39 is 0 Å². The topological polar surface area (TPSA) is 90.7 Å². The second kappa shape index (κ2) is 8.98. The minimum Gasteiger partial charge on any atom is -0.493 e. The lowest BCUT2D eigenvalue weighted by molar-refractivity contribution is 0.229. The van der Waals surface area contributed by atoms with Crippen LogP contribution in [0.4, 0.5) is 11.4 Å². The minimum atomic E-state index is 0.102. The van der Waals surface area contributed by atoms with E-state index in [1.165, 1.54) is 25.7 Å². The number of anilines is 2. The van der Waals surface area contributed by atoms with E-state index >= 15 is 0 Å². The highest BCUT2D eigenvalue weighted by molar-refractivity contribution is 5.88. The van der Waals surface area contributed by atoms with Gasteiger partial charge in [0.2, 0.25) is 0 Å². The molecule has 0 unspecified atom stereocenters. The van der Waals surface area contributed by atoms with Gasteiger partial charge in [-0.3, -0.25) is 4.98 Å². The summed E-state index contributed by atoms with van der Waals surface area (Å²) in [7, 11) is 3.51. The first-order chi connectivity index (χ1) is 16.1. The third-order valence-electron chi connectivity index (χ3n) is 6.73. The largest absolute Gasteiger partial charge is 0.493 e. The van der Waals surface area contributed by atoms with Crippen molar-refractivity contribution in [3.63, 3.8) is 0 Å². The fraction of sp³-hybridized carbons (Fsp3) is 0.423. The van der Waals surface area contributed by atoms with Crippen LogP contribution in [0.5, 0.6) is 23.0 Å². The summed E-state index contributed by atoms with van der Waals surface area (Å²) in [6.45, 7) is 0.635. The third-order valence-corrected chi connectivity index (χ3v) is 6.73. The molecule has 0 spiro atoms. The van der Waals surface area contributed by atoms with Crippen LogP contribution in [0.2, 0.25) is 0 Å². The van der Waals surface area contributed by atoms with Crippen molar-refractivity contribution < 1.29 is 14.2 Å². The summed E-state index contributed by atoms with van der Waals surface area (Å²) >= 11 is 0. The summed E-state index contributed by atoms with van der Waals surface area (Å²) in [5, 5.41) is 7.76. The van der Waals surface area contributed by atoms with Crippen molar-refractivity contribution >= 4 is 22.3 Å². The Kier molecular flexibility index (Phi) is 5.89. The third kappa shape index (κ3) is 4.64. The van der Waals surface area contributed by atoms with E-state index in [2.05, 4.69) is 15.6 Å². The van der Waals surface area contributed by atoms with Gasteiger partial charge in [-0.2, -0.15) is 0 Å². The summed E-state index contributed by atoms with van der Waals surface area (Å²) in [6, 6.07) is 11.9. The van der Waals surface area contributed by atoms with E-state index in [0.717, 1.165) is 29.4 Å². The molecule has 2 aliphatic rings. The maximum absolute atomic E-state index is 6.28. The number of ether oxygens (including phenoxy) is 3. The predicted octanol–water partition coefficient (Wildman–Crippen LogP) is 5.10. The molecule has 1 heterocycles. The Morgan fingerprint density at radius 3 is 2.55 bits per heavy atom. The average Bonchev–Trinajstić information content (AvgIpc) is 3.40. The molecular weight excluding hydrogens is 416 g/mol. The van der Waals surface area contributed by atoms with Gasteiger partial charge < -0.3 is 30.6 Å². The number of methoxy groups -OCH3 is 1. The van der Waals surface area contributed by atoms with Gasteiger partial charge in [0.05, 0.1) is 23.9 Å². The van der Waals surface area contributed by atoms with E-state index in [-0.39, 0.29) is 5.54 Å². The Balaban J connectivity index is 1.37. The minimum absolute atomic E-state index is 0.102. The van der Waals surface area contributed by atoms with Crippen LogP contribution in [-0.2, 0) is 0 Å². The number of aromatic nitrogens is 1. The summed E-state index contributed by atoms with van der Waals surface area (Å²) in [5.74, 6) is 2.62. The first kappa shape index (κ1) is 21.6. The molecule has 1 aromatic heterocycles. The van der Waals surface area contributed by atoms with Crippen molar-refractivity contribution in [1.29, 1.82) is 0 Å².